The summed E-state index contributed by atoms with van der Waals surface area (Å²) >= 11 is 3.26. The molecule has 0 aliphatic heterocycles. The molecule has 0 aromatic carbocycles. The van der Waals surface area contributed by atoms with Crippen LogP contribution in [-0.4, -0.2) is 16.2 Å². The highest BCUT2D eigenvalue weighted by Gasteiger charge is 1.99. The molecule has 0 saturated carbocycles. The number of carbonyl (C=O) groups excluding carboxylic acids is 1. The van der Waals surface area contributed by atoms with E-state index in [4.69, 9.17) is 5.73 Å². The summed E-state index contributed by atoms with van der Waals surface area (Å²) in [6.45, 7) is 0. The number of aromatic nitrogens is 1. The molecule has 1 aromatic rings. The van der Waals surface area contributed by atoms with Crippen molar-refractivity contribution in [2.75, 3.05) is 5.33 Å². The number of allylic oxidation sites excluding steroid dienone is 1. The number of rotatable bonds is 3. The molecule has 0 radical (unpaired) electrons. The van der Waals surface area contributed by atoms with E-state index in [0.29, 0.717) is 5.56 Å². The van der Waals surface area contributed by atoms with Gasteiger partial charge in [0.15, 0.2) is 0 Å². The Morgan fingerprint density at radius 1 is 1.62 bits per heavy atom. The first-order chi connectivity index (χ1) is 6.24. The summed E-state index contributed by atoms with van der Waals surface area (Å²) in [5.41, 5.74) is 6.40. The van der Waals surface area contributed by atoms with Crippen molar-refractivity contribution in [1.82, 2.24) is 4.98 Å². The molecule has 1 rings (SSSR count). The molecule has 0 aliphatic rings. The molecule has 0 spiro atoms. The van der Waals surface area contributed by atoms with Crippen molar-refractivity contribution in [3.8, 4) is 0 Å². The third-order valence-corrected chi connectivity index (χ3v) is 1.82. The number of hydrogen-bond acceptors (Lipinski definition) is 2. The van der Waals surface area contributed by atoms with Crippen molar-refractivity contribution in [2.45, 2.75) is 0 Å². The number of alkyl halides is 1. The summed E-state index contributed by atoms with van der Waals surface area (Å²) in [7, 11) is 0. The summed E-state index contributed by atoms with van der Waals surface area (Å²) in [4.78, 5) is 14.7. The van der Waals surface area contributed by atoms with Crippen molar-refractivity contribution >= 4 is 27.9 Å². The van der Waals surface area contributed by atoms with E-state index in [1.807, 2.05) is 12.2 Å². The normalized spacial score (nSPS) is 10.5. The third kappa shape index (κ3) is 2.99. The maximum Gasteiger partial charge on any atom is 0.250 e. The van der Waals surface area contributed by atoms with Crippen molar-refractivity contribution in [3.05, 3.63) is 35.7 Å². The highest BCUT2D eigenvalue weighted by atomic mass is 79.9. The van der Waals surface area contributed by atoms with E-state index in [9.17, 15) is 4.79 Å². The molecule has 68 valence electrons. The van der Waals surface area contributed by atoms with Gasteiger partial charge in [-0.1, -0.05) is 28.1 Å². The number of primary amides is 1. The van der Waals surface area contributed by atoms with Crippen LogP contribution in [0.5, 0.6) is 0 Å². The summed E-state index contributed by atoms with van der Waals surface area (Å²) < 4.78 is 0. The van der Waals surface area contributed by atoms with Crippen LogP contribution in [0.3, 0.4) is 0 Å². The predicted octanol–water partition coefficient (Wildman–Crippen LogP) is 1.59. The highest BCUT2D eigenvalue weighted by Crippen LogP contribution is 2.04. The lowest BCUT2D eigenvalue weighted by Crippen LogP contribution is -2.11. The molecule has 1 amide bonds. The van der Waals surface area contributed by atoms with Crippen LogP contribution in [0.1, 0.15) is 15.9 Å². The van der Waals surface area contributed by atoms with Gasteiger partial charge in [-0.3, -0.25) is 9.78 Å². The van der Waals surface area contributed by atoms with Crippen LogP contribution in [0, 0.1) is 0 Å². The maximum absolute atomic E-state index is 10.8. The van der Waals surface area contributed by atoms with Gasteiger partial charge in [-0.15, -0.1) is 0 Å². The van der Waals surface area contributed by atoms with Gasteiger partial charge in [0.1, 0.15) is 0 Å². The van der Waals surface area contributed by atoms with Crippen LogP contribution in [0.15, 0.2) is 24.5 Å². The number of nitrogens with two attached hydrogens (primary N) is 1. The minimum absolute atomic E-state index is 0.428. The first-order valence-corrected chi connectivity index (χ1v) is 4.83. The maximum atomic E-state index is 10.8. The quantitative estimate of drug-likeness (QED) is 0.817. The van der Waals surface area contributed by atoms with E-state index in [0.717, 1.165) is 10.9 Å². The summed E-state index contributed by atoms with van der Waals surface area (Å²) in [6.07, 6.45) is 6.91. The van der Waals surface area contributed by atoms with E-state index in [1.165, 1.54) is 6.20 Å². The number of amides is 1. The van der Waals surface area contributed by atoms with Crippen LogP contribution in [-0.2, 0) is 0 Å². The van der Waals surface area contributed by atoms with Gasteiger partial charge >= 0.3 is 0 Å². The number of halogens is 1. The number of nitrogens with zero attached hydrogens (tertiary/aromatic N) is 1. The Hall–Kier alpha value is -1.16. The van der Waals surface area contributed by atoms with Crippen molar-refractivity contribution < 1.29 is 4.79 Å². The van der Waals surface area contributed by atoms with Gasteiger partial charge in [-0.2, -0.15) is 0 Å². The molecule has 0 bridgehead atoms. The molecule has 1 aromatic heterocycles. The first-order valence-electron chi connectivity index (χ1n) is 3.71. The topological polar surface area (TPSA) is 56.0 Å². The zero-order chi connectivity index (χ0) is 9.68. The third-order valence-electron chi connectivity index (χ3n) is 1.44. The molecule has 1 heterocycles. The van der Waals surface area contributed by atoms with Crippen molar-refractivity contribution in [2.24, 2.45) is 5.73 Å². The standard InChI is InChI=1S/C9H9BrN2O/c10-3-1-2-7-4-8(9(11)13)6-12-5-7/h1-2,4-6H,3H2,(H2,11,13). The van der Waals surface area contributed by atoms with Gasteiger partial charge in [-0.25, -0.2) is 0 Å². The van der Waals surface area contributed by atoms with Crippen molar-refractivity contribution in [1.29, 1.82) is 0 Å². The lowest BCUT2D eigenvalue weighted by atomic mass is 10.2. The molecular weight excluding hydrogens is 232 g/mol. The van der Waals surface area contributed by atoms with Gasteiger partial charge in [0, 0.05) is 17.7 Å². The first kappa shape index (κ1) is 9.92. The fraction of sp³-hybridized carbons (Fsp3) is 0.111. The fourth-order valence-electron chi connectivity index (χ4n) is 0.864. The number of carbonyl (C=O) groups is 1. The van der Waals surface area contributed by atoms with E-state index in [1.54, 1.807) is 12.3 Å². The second kappa shape index (κ2) is 4.77. The molecular formula is C9H9BrN2O. The van der Waals surface area contributed by atoms with Gasteiger partial charge < -0.3 is 5.73 Å². The molecule has 4 heteroatoms. The predicted molar refractivity (Wildman–Crippen MR) is 55.6 cm³/mol. The molecule has 0 unspecified atom stereocenters. The zero-order valence-electron chi connectivity index (χ0n) is 6.90. The Morgan fingerprint density at radius 3 is 3.00 bits per heavy atom. The van der Waals surface area contributed by atoms with Gasteiger partial charge in [0.05, 0.1) is 5.56 Å². The van der Waals surface area contributed by atoms with Crippen LogP contribution >= 0.6 is 15.9 Å². The van der Waals surface area contributed by atoms with Crippen LogP contribution < -0.4 is 5.73 Å². The lowest BCUT2D eigenvalue weighted by Gasteiger charge is -1.95. The monoisotopic (exact) mass is 240 g/mol. The SMILES string of the molecule is NC(=O)c1cncc(C=CCBr)c1. The molecule has 3 nitrogen and oxygen atoms in total. The van der Waals surface area contributed by atoms with Gasteiger partial charge in [-0.05, 0) is 11.6 Å². The Bertz CT molecular complexity index is 336. The largest absolute Gasteiger partial charge is 0.366 e. The highest BCUT2D eigenvalue weighted by molar-refractivity contribution is 9.09. The van der Waals surface area contributed by atoms with Gasteiger partial charge in [0.25, 0.3) is 0 Å². The molecule has 13 heavy (non-hydrogen) atoms. The van der Waals surface area contributed by atoms with E-state index in [-0.39, 0.29) is 0 Å². The summed E-state index contributed by atoms with van der Waals surface area (Å²) in [5, 5.41) is 0.772. The molecule has 0 atom stereocenters. The Balaban J connectivity index is 2.92. The molecule has 2 N–H and O–H groups in total. The molecule has 0 fully saturated rings. The van der Waals surface area contributed by atoms with Crippen LogP contribution in [0.25, 0.3) is 6.08 Å². The second-order valence-corrected chi connectivity index (χ2v) is 3.08. The average Bonchev–Trinajstić information content (AvgIpc) is 2.15. The fourth-order valence-corrected chi connectivity index (χ4v) is 1.05. The summed E-state index contributed by atoms with van der Waals surface area (Å²) in [6, 6.07) is 1.70. The Morgan fingerprint density at radius 2 is 2.38 bits per heavy atom. The average molecular weight is 241 g/mol. The minimum atomic E-state index is -0.457. The van der Waals surface area contributed by atoms with E-state index in [2.05, 4.69) is 20.9 Å². The molecule has 0 aliphatic carbocycles. The van der Waals surface area contributed by atoms with Gasteiger partial charge in [0.2, 0.25) is 5.91 Å². The molecule has 0 saturated heterocycles. The van der Waals surface area contributed by atoms with Crippen LogP contribution in [0.4, 0.5) is 0 Å². The smallest absolute Gasteiger partial charge is 0.250 e. The van der Waals surface area contributed by atoms with E-state index < -0.39 is 5.91 Å². The second-order valence-electron chi connectivity index (χ2n) is 2.43. The Kier molecular flexibility index (Phi) is 3.64. The Labute approximate surface area is 84.8 Å². The van der Waals surface area contributed by atoms with E-state index >= 15 is 0 Å². The zero-order valence-corrected chi connectivity index (χ0v) is 8.49. The lowest BCUT2D eigenvalue weighted by molar-refractivity contribution is 0.1000. The number of hydrogen-bond donors (Lipinski definition) is 1. The van der Waals surface area contributed by atoms with Crippen molar-refractivity contribution in [3.63, 3.8) is 0 Å². The van der Waals surface area contributed by atoms with Crippen LogP contribution in [0.2, 0.25) is 0 Å². The minimum Gasteiger partial charge on any atom is -0.366 e. The summed E-state index contributed by atoms with van der Waals surface area (Å²) in [5.74, 6) is -0.457. The number of pyridine rings is 1.